The van der Waals surface area contributed by atoms with Crippen molar-refractivity contribution in [3.8, 4) is 0 Å². The number of nitrogens with zero attached hydrogens (tertiary/aromatic N) is 2. The Morgan fingerprint density at radius 2 is 1.73 bits per heavy atom. The van der Waals surface area contributed by atoms with Crippen LogP contribution in [0.2, 0.25) is 0 Å². The number of hydrogen-bond acceptors (Lipinski definition) is 3. The molecule has 5 nitrogen and oxygen atoms in total. The number of aliphatic hydroxyl groups excluding tert-OH is 1. The summed E-state index contributed by atoms with van der Waals surface area (Å²) < 4.78 is 0. The third-order valence-corrected chi connectivity index (χ3v) is 6.02. The van der Waals surface area contributed by atoms with E-state index < -0.39 is 0 Å². The second-order valence-electron chi connectivity index (χ2n) is 8.22. The van der Waals surface area contributed by atoms with E-state index in [1.807, 2.05) is 4.90 Å². The highest BCUT2D eigenvalue weighted by molar-refractivity contribution is 5.74. The van der Waals surface area contributed by atoms with Crippen LogP contribution in [0.4, 0.5) is 4.79 Å². The highest BCUT2D eigenvalue weighted by Gasteiger charge is 2.34. The van der Waals surface area contributed by atoms with Crippen molar-refractivity contribution < 1.29 is 9.90 Å². The summed E-state index contributed by atoms with van der Waals surface area (Å²) in [5, 5.41) is 12.6. The molecule has 1 aromatic carbocycles. The molecule has 2 heterocycles. The van der Waals surface area contributed by atoms with Crippen LogP contribution in [-0.2, 0) is 6.54 Å². The van der Waals surface area contributed by atoms with E-state index in [1.165, 1.54) is 5.56 Å². The molecule has 2 unspecified atom stereocenters. The summed E-state index contributed by atoms with van der Waals surface area (Å²) in [7, 11) is 0. The molecule has 2 saturated heterocycles. The lowest BCUT2D eigenvalue weighted by Crippen LogP contribution is -2.57. The van der Waals surface area contributed by atoms with Gasteiger partial charge in [0, 0.05) is 45.4 Å². The summed E-state index contributed by atoms with van der Waals surface area (Å²) in [6, 6.07) is 10.9. The van der Waals surface area contributed by atoms with Crippen LogP contribution < -0.4 is 5.32 Å². The van der Waals surface area contributed by atoms with E-state index in [1.54, 1.807) is 0 Å². The van der Waals surface area contributed by atoms with Gasteiger partial charge in [0.2, 0.25) is 0 Å². The van der Waals surface area contributed by atoms with Crippen LogP contribution in [0.3, 0.4) is 0 Å². The SMILES string of the molecule is CC1CN(Cc2ccccc2)CC(C)C1NC(=O)N1CCC(CO)CC1. The van der Waals surface area contributed by atoms with Gasteiger partial charge in [-0.1, -0.05) is 44.2 Å². The molecule has 2 N–H and O–H groups in total. The van der Waals surface area contributed by atoms with Crippen LogP contribution in [0.1, 0.15) is 32.3 Å². The number of rotatable bonds is 4. The van der Waals surface area contributed by atoms with Crippen LogP contribution >= 0.6 is 0 Å². The van der Waals surface area contributed by atoms with Gasteiger partial charge in [0.1, 0.15) is 0 Å². The van der Waals surface area contributed by atoms with Crippen molar-refractivity contribution in [3.05, 3.63) is 35.9 Å². The number of carbonyl (C=O) groups is 1. The predicted octanol–water partition coefficient (Wildman–Crippen LogP) is 2.56. The second-order valence-corrected chi connectivity index (χ2v) is 8.22. The number of likely N-dealkylation sites (tertiary alicyclic amines) is 2. The fourth-order valence-corrected chi connectivity index (χ4v) is 4.48. The largest absolute Gasteiger partial charge is 0.396 e. The molecule has 0 aliphatic carbocycles. The van der Waals surface area contributed by atoms with Crippen molar-refractivity contribution in [2.45, 2.75) is 39.3 Å². The van der Waals surface area contributed by atoms with Gasteiger partial charge in [-0.15, -0.1) is 0 Å². The van der Waals surface area contributed by atoms with Gasteiger partial charge in [0.25, 0.3) is 0 Å². The number of carbonyl (C=O) groups excluding carboxylic acids is 1. The molecule has 0 saturated carbocycles. The smallest absolute Gasteiger partial charge is 0.317 e. The highest BCUT2D eigenvalue weighted by atomic mass is 16.3. The molecular weight excluding hydrogens is 326 g/mol. The molecular formula is C21H33N3O2. The molecule has 2 fully saturated rings. The molecule has 144 valence electrons. The molecule has 0 bridgehead atoms. The van der Waals surface area contributed by atoms with Crippen molar-refractivity contribution >= 4 is 6.03 Å². The van der Waals surface area contributed by atoms with E-state index >= 15 is 0 Å². The van der Waals surface area contributed by atoms with Gasteiger partial charge in [-0.25, -0.2) is 4.79 Å². The summed E-state index contributed by atoms with van der Waals surface area (Å²) in [6.07, 6.45) is 1.81. The first-order valence-corrected chi connectivity index (χ1v) is 9.99. The Balaban J connectivity index is 1.51. The summed E-state index contributed by atoms with van der Waals surface area (Å²) >= 11 is 0. The minimum absolute atomic E-state index is 0.0709. The molecule has 2 amide bonds. The Morgan fingerprint density at radius 3 is 2.31 bits per heavy atom. The van der Waals surface area contributed by atoms with E-state index in [2.05, 4.69) is 54.4 Å². The molecule has 2 atom stereocenters. The molecule has 2 aliphatic rings. The van der Waals surface area contributed by atoms with Crippen LogP contribution in [0.15, 0.2) is 30.3 Å². The van der Waals surface area contributed by atoms with Crippen LogP contribution in [0, 0.1) is 17.8 Å². The maximum atomic E-state index is 12.7. The van der Waals surface area contributed by atoms with Crippen molar-refractivity contribution in [1.82, 2.24) is 15.1 Å². The molecule has 0 spiro atoms. The fourth-order valence-electron chi connectivity index (χ4n) is 4.48. The lowest BCUT2D eigenvalue weighted by Gasteiger charge is -2.43. The Bertz CT molecular complexity index is 560. The van der Waals surface area contributed by atoms with Crippen molar-refractivity contribution in [2.75, 3.05) is 32.8 Å². The molecule has 3 rings (SSSR count). The topological polar surface area (TPSA) is 55.8 Å². The standard InChI is InChI=1S/C21H33N3O2/c1-16-12-23(14-18-6-4-3-5-7-18)13-17(2)20(16)22-21(26)24-10-8-19(15-25)9-11-24/h3-7,16-17,19-20,25H,8-15H2,1-2H3,(H,22,26). The zero-order valence-corrected chi connectivity index (χ0v) is 16.1. The lowest BCUT2D eigenvalue weighted by molar-refractivity contribution is 0.0885. The average Bonchev–Trinajstić information content (AvgIpc) is 2.65. The summed E-state index contributed by atoms with van der Waals surface area (Å²) in [5.41, 5.74) is 1.35. The molecule has 1 aromatic rings. The van der Waals surface area contributed by atoms with Crippen molar-refractivity contribution in [1.29, 1.82) is 0 Å². The zero-order chi connectivity index (χ0) is 18.5. The normalized spacial score (nSPS) is 28.1. The van der Waals surface area contributed by atoms with Gasteiger partial charge in [0.15, 0.2) is 0 Å². The minimum Gasteiger partial charge on any atom is -0.396 e. The number of nitrogens with one attached hydrogen (secondary N) is 1. The third kappa shape index (κ3) is 4.77. The maximum absolute atomic E-state index is 12.7. The number of benzene rings is 1. The Morgan fingerprint density at radius 1 is 1.12 bits per heavy atom. The summed E-state index contributed by atoms with van der Waals surface area (Å²) in [5.74, 6) is 1.22. The van der Waals surface area contributed by atoms with Crippen molar-refractivity contribution in [3.63, 3.8) is 0 Å². The van der Waals surface area contributed by atoms with E-state index in [-0.39, 0.29) is 18.7 Å². The maximum Gasteiger partial charge on any atom is 0.317 e. The van der Waals surface area contributed by atoms with Crippen LogP contribution in [0.5, 0.6) is 0 Å². The number of urea groups is 1. The molecule has 26 heavy (non-hydrogen) atoms. The Kier molecular flexibility index (Phi) is 6.54. The van der Waals surface area contributed by atoms with E-state index in [0.717, 1.165) is 45.6 Å². The van der Waals surface area contributed by atoms with E-state index in [0.29, 0.717) is 17.8 Å². The van der Waals surface area contributed by atoms with Gasteiger partial charge < -0.3 is 15.3 Å². The monoisotopic (exact) mass is 359 g/mol. The van der Waals surface area contributed by atoms with Gasteiger partial charge in [0.05, 0.1) is 0 Å². The average molecular weight is 360 g/mol. The number of piperidine rings is 2. The molecule has 0 radical (unpaired) electrons. The van der Waals surface area contributed by atoms with Gasteiger partial charge in [-0.05, 0) is 36.2 Å². The molecule has 2 aliphatic heterocycles. The summed E-state index contributed by atoms with van der Waals surface area (Å²) in [6.45, 7) is 9.24. The predicted molar refractivity (Wildman–Crippen MR) is 104 cm³/mol. The highest BCUT2D eigenvalue weighted by Crippen LogP contribution is 2.24. The minimum atomic E-state index is 0.0709. The number of hydrogen-bond donors (Lipinski definition) is 2. The van der Waals surface area contributed by atoms with E-state index in [4.69, 9.17) is 0 Å². The molecule has 0 aromatic heterocycles. The first kappa shape index (κ1) is 19.2. The molecule has 5 heteroatoms. The number of amides is 2. The quantitative estimate of drug-likeness (QED) is 0.869. The van der Waals surface area contributed by atoms with Crippen LogP contribution in [-0.4, -0.2) is 59.8 Å². The Hall–Kier alpha value is -1.59. The summed E-state index contributed by atoms with van der Waals surface area (Å²) in [4.78, 5) is 17.1. The van der Waals surface area contributed by atoms with Crippen LogP contribution in [0.25, 0.3) is 0 Å². The van der Waals surface area contributed by atoms with Gasteiger partial charge in [-0.2, -0.15) is 0 Å². The lowest BCUT2D eigenvalue weighted by atomic mass is 9.85. The Labute approximate surface area is 157 Å². The van der Waals surface area contributed by atoms with Crippen molar-refractivity contribution in [2.24, 2.45) is 17.8 Å². The first-order valence-electron chi connectivity index (χ1n) is 9.99. The van der Waals surface area contributed by atoms with Gasteiger partial charge >= 0.3 is 6.03 Å². The first-order chi connectivity index (χ1) is 12.6. The van der Waals surface area contributed by atoms with E-state index in [9.17, 15) is 9.90 Å². The third-order valence-electron chi connectivity index (χ3n) is 6.02. The second kappa shape index (κ2) is 8.87. The fraction of sp³-hybridized carbons (Fsp3) is 0.667. The number of aliphatic hydroxyl groups is 1. The zero-order valence-electron chi connectivity index (χ0n) is 16.1. The van der Waals surface area contributed by atoms with Gasteiger partial charge in [-0.3, -0.25) is 4.90 Å².